The molecule has 0 atom stereocenters. The molecule has 2 aromatic rings. The Kier molecular flexibility index (Phi) is 4.43. The fourth-order valence-electron chi connectivity index (χ4n) is 2.34. The van der Waals surface area contributed by atoms with Crippen molar-refractivity contribution >= 4 is 11.9 Å². The van der Waals surface area contributed by atoms with E-state index in [1.807, 2.05) is 6.21 Å². The van der Waals surface area contributed by atoms with Gasteiger partial charge >= 0.3 is 0 Å². The summed E-state index contributed by atoms with van der Waals surface area (Å²) in [6, 6.07) is 11.1. The predicted molar refractivity (Wildman–Crippen MR) is 87.3 cm³/mol. The molecule has 2 nitrogen and oxygen atoms in total. The van der Waals surface area contributed by atoms with Crippen molar-refractivity contribution in [3.8, 4) is 0 Å². The van der Waals surface area contributed by atoms with E-state index in [1.165, 1.54) is 11.3 Å². The minimum absolute atomic E-state index is 0.488. The molecule has 106 valence electrons. The average Bonchev–Trinajstić information content (AvgIpc) is 2.78. The molecular formula is C18H24N2. The molecule has 2 heteroatoms. The highest BCUT2D eigenvalue weighted by Gasteiger charge is 2.03. The highest BCUT2D eigenvalue weighted by molar-refractivity contribution is 5.82. The number of nitrogens with zero attached hydrogens (tertiary/aromatic N) is 2. The third-order valence-electron chi connectivity index (χ3n) is 3.55. The molecule has 0 N–H and O–H groups in total. The van der Waals surface area contributed by atoms with Crippen LogP contribution in [0.15, 0.2) is 41.5 Å². The predicted octanol–water partition coefficient (Wildman–Crippen LogP) is 5.25. The smallest absolute Gasteiger partial charge is 0.0630 e. The molecule has 0 saturated carbocycles. The molecule has 0 aliphatic rings. The van der Waals surface area contributed by atoms with Crippen LogP contribution in [0.4, 0.5) is 5.69 Å². The zero-order valence-electron chi connectivity index (χ0n) is 13.1. The Morgan fingerprint density at radius 1 is 1.05 bits per heavy atom. The van der Waals surface area contributed by atoms with Crippen LogP contribution in [-0.4, -0.2) is 10.8 Å². The van der Waals surface area contributed by atoms with Gasteiger partial charge in [0.1, 0.15) is 0 Å². The number of benzene rings is 1. The lowest BCUT2D eigenvalue weighted by Gasteiger charge is -2.08. The van der Waals surface area contributed by atoms with Gasteiger partial charge in [-0.2, -0.15) is 0 Å². The van der Waals surface area contributed by atoms with Crippen molar-refractivity contribution in [2.75, 3.05) is 0 Å². The molecule has 2 rings (SSSR count). The second-order valence-corrected chi connectivity index (χ2v) is 5.92. The fraction of sp³-hybridized carbons (Fsp3) is 0.389. The Morgan fingerprint density at radius 2 is 1.70 bits per heavy atom. The van der Waals surface area contributed by atoms with Crippen molar-refractivity contribution in [2.45, 2.75) is 46.6 Å². The molecule has 0 aliphatic carbocycles. The Morgan fingerprint density at radius 3 is 2.20 bits per heavy atom. The van der Waals surface area contributed by atoms with Gasteiger partial charge < -0.3 is 4.57 Å². The lowest BCUT2D eigenvalue weighted by atomic mass is 10.0. The second kappa shape index (κ2) is 6.08. The molecule has 1 heterocycles. The van der Waals surface area contributed by atoms with E-state index in [4.69, 9.17) is 0 Å². The zero-order valence-corrected chi connectivity index (χ0v) is 13.1. The van der Waals surface area contributed by atoms with Crippen molar-refractivity contribution in [3.63, 3.8) is 0 Å². The van der Waals surface area contributed by atoms with Crippen LogP contribution in [-0.2, 0) is 0 Å². The minimum Gasteiger partial charge on any atom is -0.349 e. The third kappa shape index (κ3) is 3.38. The first-order valence-electron chi connectivity index (χ1n) is 7.30. The average molecular weight is 268 g/mol. The number of aryl methyl sites for hydroxylation is 1. The van der Waals surface area contributed by atoms with E-state index in [0.717, 1.165) is 11.3 Å². The summed E-state index contributed by atoms with van der Waals surface area (Å²) in [5.74, 6) is 0.566. The largest absolute Gasteiger partial charge is 0.349 e. The molecule has 0 amide bonds. The van der Waals surface area contributed by atoms with Crippen LogP contribution >= 0.6 is 0 Å². The summed E-state index contributed by atoms with van der Waals surface area (Å²) >= 11 is 0. The number of aliphatic imine (C=N–C) groups is 1. The first-order valence-corrected chi connectivity index (χ1v) is 7.30. The standard InChI is InChI=1S/C18H24N2/c1-13(2)17-6-8-18(9-7-17)19-11-16-10-15(5)20(12-16)14(3)4/h6-14H,1-5H3. The van der Waals surface area contributed by atoms with Crippen molar-refractivity contribution in [2.24, 2.45) is 4.99 Å². The van der Waals surface area contributed by atoms with Gasteiger partial charge in [0.15, 0.2) is 0 Å². The maximum atomic E-state index is 4.55. The summed E-state index contributed by atoms with van der Waals surface area (Å²) in [4.78, 5) is 4.55. The molecule has 0 spiro atoms. The molecular weight excluding hydrogens is 244 g/mol. The molecule has 0 aliphatic heterocycles. The van der Waals surface area contributed by atoms with E-state index in [1.54, 1.807) is 0 Å². The molecule has 0 saturated heterocycles. The Bertz CT molecular complexity index is 586. The van der Waals surface area contributed by atoms with Crippen LogP contribution in [0.25, 0.3) is 0 Å². The first kappa shape index (κ1) is 14.6. The Labute approximate surface area is 122 Å². The number of aromatic nitrogens is 1. The van der Waals surface area contributed by atoms with E-state index >= 15 is 0 Å². The van der Waals surface area contributed by atoms with Crippen LogP contribution < -0.4 is 0 Å². The van der Waals surface area contributed by atoms with Crippen LogP contribution in [0.3, 0.4) is 0 Å². The van der Waals surface area contributed by atoms with E-state index in [0.29, 0.717) is 12.0 Å². The fourth-order valence-corrected chi connectivity index (χ4v) is 2.34. The number of rotatable bonds is 4. The highest BCUT2D eigenvalue weighted by Crippen LogP contribution is 2.19. The molecule has 1 aromatic carbocycles. The molecule has 0 unspecified atom stereocenters. The second-order valence-electron chi connectivity index (χ2n) is 5.92. The van der Waals surface area contributed by atoms with Gasteiger partial charge in [0, 0.05) is 29.7 Å². The van der Waals surface area contributed by atoms with Gasteiger partial charge in [-0.1, -0.05) is 26.0 Å². The van der Waals surface area contributed by atoms with Crippen molar-refractivity contribution in [1.29, 1.82) is 0 Å². The zero-order chi connectivity index (χ0) is 14.7. The highest BCUT2D eigenvalue weighted by atomic mass is 15.0. The molecule has 0 radical (unpaired) electrons. The van der Waals surface area contributed by atoms with Gasteiger partial charge in [-0.25, -0.2) is 0 Å². The van der Waals surface area contributed by atoms with Gasteiger partial charge in [0.2, 0.25) is 0 Å². The van der Waals surface area contributed by atoms with Crippen molar-refractivity contribution in [3.05, 3.63) is 53.3 Å². The Balaban J connectivity index is 2.14. The van der Waals surface area contributed by atoms with Crippen LogP contribution in [0.5, 0.6) is 0 Å². The molecule has 0 fully saturated rings. The van der Waals surface area contributed by atoms with E-state index in [9.17, 15) is 0 Å². The van der Waals surface area contributed by atoms with Gasteiger partial charge in [0.25, 0.3) is 0 Å². The summed E-state index contributed by atoms with van der Waals surface area (Å²) in [5.41, 5.74) is 4.79. The molecule has 1 aromatic heterocycles. The lowest BCUT2D eigenvalue weighted by Crippen LogP contribution is -2.00. The monoisotopic (exact) mass is 268 g/mol. The van der Waals surface area contributed by atoms with Gasteiger partial charge in [-0.15, -0.1) is 0 Å². The van der Waals surface area contributed by atoms with E-state index in [-0.39, 0.29) is 0 Å². The summed E-state index contributed by atoms with van der Waals surface area (Å²) in [6.45, 7) is 10.9. The molecule has 20 heavy (non-hydrogen) atoms. The van der Waals surface area contributed by atoms with Crippen molar-refractivity contribution in [1.82, 2.24) is 4.57 Å². The third-order valence-corrected chi connectivity index (χ3v) is 3.55. The van der Waals surface area contributed by atoms with Crippen LogP contribution in [0.1, 0.15) is 56.5 Å². The summed E-state index contributed by atoms with van der Waals surface area (Å²) in [7, 11) is 0. The van der Waals surface area contributed by atoms with Gasteiger partial charge in [0.05, 0.1) is 5.69 Å². The SMILES string of the molecule is Cc1cc(C=Nc2ccc(C(C)C)cc2)cn1C(C)C. The lowest BCUT2D eigenvalue weighted by molar-refractivity contribution is 0.589. The summed E-state index contributed by atoms with van der Waals surface area (Å²) in [5, 5.41) is 0. The van der Waals surface area contributed by atoms with Crippen LogP contribution in [0, 0.1) is 6.92 Å². The quantitative estimate of drug-likeness (QED) is 0.674. The topological polar surface area (TPSA) is 17.3 Å². The normalized spacial score (nSPS) is 11.9. The first-order chi connectivity index (χ1) is 9.47. The van der Waals surface area contributed by atoms with Gasteiger partial charge in [-0.05, 0) is 50.5 Å². The molecule has 0 bridgehead atoms. The van der Waals surface area contributed by atoms with Crippen LogP contribution in [0.2, 0.25) is 0 Å². The number of hydrogen-bond donors (Lipinski definition) is 0. The van der Waals surface area contributed by atoms with E-state index < -0.39 is 0 Å². The number of hydrogen-bond acceptors (Lipinski definition) is 1. The maximum Gasteiger partial charge on any atom is 0.0630 e. The van der Waals surface area contributed by atoms with Gasteiger partial charge in [-0.3, -0.25) is 4.99 Å². The van der Waals surface area contributed by atoms with E-state index in [2.05, 4.69) is 80.7 Å². The minimum atomic E-state index is 0.488. The summed E-state index contributed by atoms with van der Waals surface area (Å²) < 4.78 is 2.27. The Hall–Kier alpha value is -1.83. The maximum absolute atomic E-state index is 4.55. The van der Waals surface area contributed by atoms with Crippen molar-refractivity contribution < 1.29 is 0 Å². The summed E-state index contributed by atoms with van der Waals surface area (Å²) in [6.07, 6.45) is 4.10.